The molecule has 0 unspecified atom stereocenters. The fourth-order valence-electron chi connectivity index (χ4n) is 2.09. The zero-order chi connectivity index (χ0) is 13.6. The predicted molar refractivity (Wildman–Crippen MR) is 67.7 cm³/mol. The first-order valence-corrected chi connectivity index (χ1v) is 5.67. The number of halogens is 2. The summed E-state index contributed by atoms with van der Waals surface area (Å²) in [7, 11) is 1.69. The first-order valence-electron chi connectivity index (χ1n) is 5.67. The number of imidazole rings is 1. The number of rotatable bonds is 1. The third-order valence-corrected chi connectivity index (χ3v) is 3.04. The molecule has 0 atom stereocenters. The van der Waals surface area contributed by atoms with Crippen molar-refractivity contribution in [2.45, 2.75) is 0 Å². The fraction of sp³-hybridized carbons (Fsp3) is 0.0714. The quantitative estimate of drug-likeness (QED) is 0.729. The highest BCUT2D eigenvalue weighted by atomic mass is 19.1. The summed E-state index contributed by atoms with van der Waals surface area (Å²) in [4.78, 5) is 4.29. The molecule has 0 aliphatic rings. The number of phenols is 1. The van der Waals surface area contributed by atoms with Gasteiger partial charge in [0.2, 0.25) is 0 Å². The Balaban J connectivity index is 2.28. The number of fused-ring (bicyclic) bond motifs is 1. The van der Waals surface area contributed by atoms with Crippen molar-refractivity contribution < 1.29 is 13.9 Å². The van der Waals surface area contributed by atoms with Crippen molar-refractivity contribution in [2.24, 2.45) is 7.05 Å². The van der Waals surface area contributed by atoms with Gasteiger partial charge in [-0.15, -0.1) is 0 Å². The van der Waals surface area contributed by atoms with Gasteiger partial charge in [0.1, 0.15) is 23.2 Å². The van der Waals surface area contributed by atoms with E-state index in [0.717, 1.165) is 6.07 Å². The van der Waals surface area contributed by atoms with Crippen molar-refractivity contribution in [1.82, 2.24) is 9.55 Å². The van der Waals surface area contributed by atoms with Crippen molar-refractivity contribution in [3.63, 3.8) is 0 Å². The van der Waals surface area contributed by atoms with E-state index in [0.29, 0.717) is 16.9 Å². The molecule has 19 heavy (non-hydrogen) atoms. The molecule has 0 radical (unpaired) electrons. The molecule has 3 nitrogen and oxygen atoms in total. The smallest absolute Gasteiger partial charge is 0.143 e. The van der Waals surface area contributed by atoms with Crippen LogP contribution < -0.4 is 0 Å². The van der Waals surface area contributed by atoms with Gasteiger partial charge in [0.05, 0.1) is 16.6 Å². The van der Waals surface area contributed by atoms with E-state index in [-0.39, 0.29) is 17.1 Å². The fourth-order valence-corrected chi connectivity index (χ4v) is 2.09. The van der Waals surface area contributed by atoms with Crippen molar-refractivity contribution in [1.29, 1.82) is 0 Å². The van der Waals surface area contributed by atoms with Gasteiger partial charge in [-0.1, -0.05) is 0 Å². The Hall–Kier alpha value is -2.43. The van der Waals surface area contributed by atoms with Crippen molar-refractivity contribution in [3.8, 4) is 17.1 Å². The van der Waals surface area contributed by atoms with Crippen molar-refractivity contribution in [2.75, 3.05) is 0 Å². The number of hydrogen-bond donors (Lipinski definition) is 1. The van der Waals surface area contributed by atoms with Crippen LogP contribution in [0.4, 0.5) is 8.78 Å². The van der Waals surface area contributed by atoms with E-state index in [2.05, 4.69) is 4.98 Å². The minimum absolute atomic E-state index is 0.147. The van der Waals surface area contributed by atoms with E-state index >= 15 is 0 Å². The summed E-state index contributed by atoms with van der Waals surface area (Å²) in [6, 6.07) is 8.07. The summed E-state index contributed by atoms with van der Waals surface area (Å²) in [5.41, 5.74) is 1.44. The van der Waals surface area contributed by atoms with Gasteiger partial charge in [0.15, 0.2) is 0 Å². The van der Waals surface area contributed by atoms with E-state index in [1.807, 2.05) is 0 Å². The molecule has 1 heterocycles. The molecule has 0 saturated carbocycles. The maximum absolute atomic E-state index is 13.8. The van der Waals surface area contributed by atoms with Crippen LogP contribution >= 0.6 is 0 Å². The average Bonchev–Trinajstić information content (AvgIpc) is 2.67. The summed E-state index contributed by atoms with van der Waals surface area (Å²) in [6.45, 7) is 0. The topological polar surface area (TPSA) is 38.0 Å². The van der Waals surface area contributed by atoms with Crippen LogP contribution in [0.5, 0.6) is 5.75 Å². The standard InChI is InChI=1S/C14H10F2N2O/c1-18-13-6-8(15)2-5-12(13)17-14(18)10-4-3-9(19)7-11(10)16/h2-7,19H,1H3. The van der Waals surface area contributed by atoms with Crippen LogP contribution in [-0.2, 0) is 7.05 Å². The van der Waals surface area contributed by atoms with Gasteiger partial charge in [-0.2, -0.15) is 0 Å². The first-order chi connectivity index (χ1) is 9.06. The Kier molecular flexibility index (Phi) is 2.48. The van der Waals surface area contributed by atoms with E-state index in [1.165, 1.54) is 24.3 Å². The molecule has 1 aromatic heterocycles. The van der Waals surface area contributed by atoms with Crippen LogP contribution in [0.25, 0.3) is 22.4 Å². The van der Waals surface area contributed by atoms with Gasteiger partial charge in [-0.05, 0) is 30.3 Å². The largest absolute Gasteiger partial charge is 0.508 e. The second kappa shape index (κ2) is 4.05. The summed E-state index contributed by atoms with van der Waals surface area (Å²) < 4.78 is 28.7. The highest BCUT2D eigenvalue weighted by Crippen LogP contribution is 2.28. The lowest BCUT2D eigenvalue weighted by atomic mass is 10.2. The first kappa shape index (κ1) is 11.6. The van der Waals surface area contributed by atoms with Gasteiger partial charge in [0.25, 0.3) is 0 Å². The molecule has 3 aromatic rings. The van der Waals surface area contributed by atoms with Gasteiger partial charge in [-0.3, -0.25) is 0 Å². The molecule has 96 valence electrons. The van der Waals surface area contributed by atoms with Crippen molar-refractivity contribution >= 4 is 11.0 Å². The molecule has 0 fully saturated rings. The zero-order valence-corrected chi connectivity index (χ0v) is 10.1. The summed E-state index contributed by atoms with van der Waals surface area (Å²) in [5, 5.41) is 9.21. The Morgan fingerprint density at radius 3 is 2.63 bits per heavy atom. The lowest BCUT2D eigenvalue weighted by Crippen LogP contribution is -1.95. The lowest BCUT2D eigenvalue weighted by Gasteiger charge is -2.04. The van der Waals surface area contributed by atoms with Gasteiger partial charge >= 0.3 is 0 Å². The number of aromatic hydroxyl groups is 1. The number of hydrogen-bond acceptors (Lipinski definition) is 2. The van der Waals surface area contributed by atoms with Gasteiger partial charge in [-0.25, -0.2) is 13.8 Å². The van der Waals surface area contributed by atoms with E-state index in [1.54, 1.807) is 17.7 Å². The molecular weight excluding hydrogens is 250 g/mol. The van der Waals surface area contributed by atoms with Gasteiger partial charge < -0.3 is 9.67 Å². The van der Waals surface area contributed by atoms with E-state index < -0.39 is 5.82 Å². The van der Waals surface area contributed by atoms with Crippen LogP contribution in [-0.4, -0.2) is 14.7 Å². The average molecular weight is 260 g/mol. The Labute approximate surface area is 107 Å². The Morgan fingerprint density at radius 1 is 1.11 bits per heavy atom. The molecule has 0 amide bonds. The number of phenolic OH excluding ortho intramolecular Hbond substituents is 1. The number of aryl methyl sites for hydroxylation is 1. The number of benzene rings is 2. The Bertz CT molecular complexity index is 780. The number of nitrogens with zero attached hydrogens (tertiary/aromatic N) is 2. The van der Waals surface area contributed by atoms with E-state index in [4.69, 9.17) is 0 Å². The maximum atomic E-state index is 13.8. The molecule has 0 saturated heterocycles. The van der Waals surface area contributed by atoms with Crippen LogP contribution in [0, 0.1) is 11.6 Å². The molecule has 0 aliphatic heterocycles. The molecule has 5 heteroatoms. The van der Waals surface area contributed by atoms with E-state index in [9.17, 15) is 13.9 Å². The molecule has 1 N–H and O–H groups in total. The maximum Gasteiger partial charge on any atom is 0.143 e. The second-order valence-electron chi connectivity index (χ2n) is 4.29. The summed E-state index contributed by atoms with van der Waals surface area (Å²) >= 11 is 0. The Morgan fingerprint density at radius 2 is 1.89 bits per heavy atom. The molecular formula is C14H10F2N2O. The summed E-state index contributed by atoms with van der Waals surface area (Å²) in [5.74, 6) is -0.698. The van der Waals surface area contributed by atoms with Crippen LogP contribution in [0.2, 0.25) is 0 Å². The zero-order valence-electron chi connectivity index (χ0n) is 10.1. The molecule has 0 bridgehead atoms. The molecule has 3 rings (SSSR count). The lowest BCUT2D eigenvalue weighted by molar-refractivity contribution is 0.469. The molecule has 0 spiro atoms. The van der Waals surface area contributed by atoms with Gasteiger partial charge in [0, 0.05) is 13.1 Å². The highest BCUT2D eigenvalue weighted by molar-refractivity contribution is 5.80. The monoisotopic (exact) mass is 260 g/mol. The van der Waals surface area contributed by atoms with Crippen LogP contribution in [0.1, 0.15) is 0 Å². The number of aromatic nitrogens is 2. The molecule has 0 aliphatic carbocycles. The SMILES string of the molecule is Cn1c(-c2ccc(O)cc2F)nc2ccc(F)cc21. The van der Waals surface area contributed by atoms with Crippen LogP contribution in [0.15, 0.2) is 36.4 Å². The van der Waals surface area contributed by atoms with Crippen LogP contribution in [0.3, 0.4) is 0 Å². The minimum Gasteiger partial charge on any atom is -0.508 e. The second-order valence-corrected chi connectivity index (χ2v) is 4.29. The molecule has 2 aromatic carbocycles. The highest BCUT2D eigenvalue weighted by Gasteiger charge is 2.14. The summed E-state index contributed by atoms with van der Waals surface area (Å²) in [6.07, 6.45) is 0. The third-order valence-electron chi connectivity index (χ3n) is 3.04. The predicted octanol–water partition coefficient (Wildman–Crippen LogP) is 3.22. The normalized spacial score (nSPS) is 11.1. The third kappa shape index (κ3) is 1.83. The van der Waals surface area contributed by atoms with Crippen molar-refractivity contribution in [3.05, 3.63) is 48.0 Å². The minimum atomic E-state index is -0.570.